The zero-order valence-corrected chi connectivity index (χ0v) is 15.2. The van der Waals surface area contributed by atoms with Gasteiger partial charge in [0.05, 0.1) is 32.6 Å². The molecule has 0 aromatic carbocycles. The van der Waals surface area contributed by atoms with Crippen molar-refractivity contribution in [3.8, 4) is 0 Å². The fourth-order valence-electron chi connectivity index (χ4n) is 3.00. The van der Waals surface area contributed by atoms with Crippen molar-refractivity contribution in [1.29, 1.82) is 0 Å². The zero-order chi connectivity index (χ0) is 18.2. The van der Waals surface area contributed by atoms with Crippen molar-refractivity contribution in [3.05, 3.63) is 48.3 Å². The van der Waals surface area contributed by atoms with E-state index in [4.69, 9.17) is 4.74 Å². The average molecular weight is 357 g/mol. The van der Waals surface area contributed by atoms with Gasteiger partial charge in [0.2, 0.25) is 0 Å². The summed E-state index contributed by atoms with van der Waals surface area (Å²) >= 11 is 0. The Kier molecular flexibility index (Phi) is 6.80. The number of nitrogens with zero attached hydrogens (tertiary/aromatic N) is 3. The molecule has 0 amide bonds. The third kappa shape index (κ3) is 5.41. The van der Waals surface area contributed by atoms with Crippen LogP contribution in [0.2, 0.25) is 0 Å². The number of aromatic nitrogens is 2. The van der Waals surface area contributed by atoms with Gasteiger partial charge in [-0.3, -0.25) is 9.58 Å². The van der Waals surface area contributed by atoms with Crippen molar-refractivity contribution in [2.75, 3.05) is 39.5 Å². The Labute approximate surface area is 154 Å². The van der Waals surface area contributed by atoms with E-state index in [-0.39, 0.29) is 5.97 Å². The molecule has 0 saturated carbocycles. The van der Waals surface area contributed by atoms with Crippen LogP contribution in [0.5, 0.6) is 0 Å². The molecule has 0 bridgehead atoms. The number of cyclic esters (lactones) is 1. The van der Waals surface area contributed by atoms with Gasteiger partial charge in [0, 0.05) is 43.4 Å². The van der Waals surface area contributed by atoms with Gasteiger partial charge >= 0.3 is 5.97 Å². The molecule has 6 nitrogen and oxygen atoms in total. The molecule has 0 atom stereocenters. The molecule has 0 N–H and O–H groups in total. The first-order chi connectivity index (χ1) is 12.7. The predicted molar refractivity (Wildman–Crippen MR) is 101 cm³/mol. The van der Waals surface area contributed by atoms with Crippen LogP contribution in [0, 0.1) is 0 Å². The van der Waals surface area contributed by atoms with Crippen LogP contribution in [0.4, 0.5) is 0 Å². The largest absolute Gasteiger partial charge is 0.462 e. The molecule has 1 aromatic rings. The first kappa shape index (κ1) is 18.6. The predicted octanol–water partition coefficient (Wildman–Crippen LogP) is 2.44. The number of ether oxygens (including phenoxy) is 2. The number of carbonyl (C=O) groups is 1. The number of hydrogen-bond acceptors (Lipinski definition) is 5. The molecule has 3 heterocycles. The van der Waals surface area contributed by atoms with E-state index < -0.39 is 0 Å². The van der Waals surface area contributed by atoms with Crippen molar-refractivity contribution < 1.29 is 14.3 Å². The van der Waals surface area contributed by atoms with Crippen LogP contribution in [0.15, 0.2) is 42.8 Å². The Morgan fingerprint density at radius 2 is 2.00 bits per heavy atom. The van der Waals surface area contributed by atoms with Crippen molar-refractivity contribution >= 4 is 11.5 Å². The normalized spacial score (nSPS) is 20.4. The second-order valence-corrected chi connectivity index (χ2v) is 6.57. The number of carbonyl (C=O) groups excluding carboxylic acids is 1. The Morgan fingerprint density at radius 3 is 2.62 bits per heavy atom. The van der Waals surface area contributed by atoms with E-state index in [9.17, 15) is 4.79 Å². The van der Waals surface area contributed by atoms with Gasteiger partial charge in [-0.2, -0.15) is 5.10 Å². The highest BCUT2D eigenvalue weighted by Crippen LogP contribution is 2.20. The highest BCUT2D eigenvalue weighted by Gasteiger charge is 2.14. The van der Waals surface area contributed by atoms with E-state index in [1.54, 1.807) is 0 Å². The smallest absolute Gasteiger partial charge is 0.333 e. The SMILES string of the molecule is C1=CC(c2cnn(CCN3CCOCC3)c2)=CCC1.C=C1CCOC1=O. The van der Waals surface area contributed by atoms with Gasteiger partial charge in [-0.15, -0.1) is 0 Å². The van der Waals surface area contributed by atoms with E-state index in [2.05, 4.69) is 45.7 Å². The van der Waals surface area contributed by atoms with Gasteiger partial charge in [0.15, 0.2) is 0 Å². The zero-order valence-electron chi connectivity index (χ0n) is 15.2. The Morgan fingerprint density at radius 1 is 1.15 bits per heavy atom. The fraction of sp³-hybridized carbons (Fsp3) is 0.500. The summed E-state index contributed by atoms with van der Waals surface area (Å²) in [7, 11) is 0. The lowest BCUT2D eigenvalue weighted by Crippen LogP contribution is -2.38. The van der Waals surface area contributed by atoms with Crippen LogP contribution < -0.4 is 0 Å². The van der Waals surface area contributed by atoms with Gasteiger partial charge in [-0.1, -0.05) is 24.8 Å². The van der Waals surface area contributed by atoms with Crippen molar-refractivity contribution in [2.24, 2.45) is 0 Å². The Bertz CT molecular complexity index is 670. The summed E-state index contributed by atoms with van der Waals surface area (Å²) in [6.07, 6.45) is 13.9. The number of allylic oxidation sites excluding steroid dienone is 4. The topological polar surface area (TPSA) is 56.6 Å². The van der Waals surface area contributed by atoms with E-state index in [0.29, 0.717) is 18.6 Å². The third-order valence-electron chi connectivity index (χ3n) is 4.64. The highest BCUT2D eigenvalue weighted by atomic mass is 16.5. The summed E-state index contributed by atoms with van der Waals surface area (Å²) < 4.78 is 11.9. The van der Waals surface area contributed by atoms with Gasteiger partial charge in [0.25, 0.3) is 0 Å². The number of rotatable bonds is 4. The molecule has 1 aliphatic carbocycles. The lowest BCUT2D eigenvalue weighted by molar-refractivity contribution is -0.135. The summed E-state index contributed by atoms with van der Waals surface area (Å²) in [6.45, 7) is 9.81. The summed E-state index contributed by atoms with van der Waals surface area (Å²) in [5, 5.41) is 4.46. The molecule has 0 unspecified atom stereocenters. The summed E-state index contributed by atoms with van der Waals surface area (Å²) in [5.74, 6) is -0.236. The van der Waals surface area contributed by atoms with E-state index >= 15 is 0 Å². The molecule has 140 valence electrons. The maximum atomic E-state index is 10.3. The van der Waals surface area contributed by atoms with E-state index in [1.807, 2.05) is 10.9 Å². The monoisotopic (exact) mass is 357 g/mol. The van der Waals surface area contributed by atoms with E-state index in [1.165, 1.54) is 11.1 Å². The van der Waals surface area contributed by atoms with Crippen LogP contribution in [-0.4, -0.2) is 60.1 Å². The Hall–Kier alpha value is -2.18. The molecule has 4 rings (SSSR count). The van der Waals surface area contributed by atoms with Gasteiger partial charge < -0.3 is 9.47 Å². The summed E-state index contributed by atoms with van der Waals surface area (Å²) in [4.78, 5) is 12.7. The average Bonchev–Trinajstić information content (AvgIpc) is 3.31. The van der Waals surface area contributed by atoms with Crippen molar-refractivity contribution in [1.82, 2.24) is 14.7 Å². The van der Waals surface area contributed by atoms with Gasteiger partial charge in [0.1, 0.15) is 0 Å². The molecule has 2 aliphatic heterocycles. The minimum absolute atomic E-state index is 0.236. The molecule has 0 radical (unpaired) electrons. The van der Waals surface area contributed by atoms with Crippen LogP contribution in [-0.2, 0) is 20.8 Å². The molecular formula is C20H27N3O3. The maximum absolute atomic E-state index is 10.3. The first-order valence-electron chi connectivity index (χ1n) is 9.27. The van der Waals surface area contributed by atoms with Gasteiger partial charge in [-0.25, -0.2) is 4.79 Å². The standard InChI is InChI=1S/C15H21N3O.C5H6O2/c1-2-4-14(5-3-1)15-12-16-18(13-15)7-6-17-8-10-19-11-9-17;1-4-2-3-7-5(4)6/h2,4-5,12-13H,1,3,6-11H2;1-3H2. The van der Waals surface area contributed by atoms with E-state index in [0.717, 1.165) is 52.2 Å². The quantitative estimate of drug-likeness (QED) is 0.612. The third-order valence-corrected chi connectivity index (χ3v) is 4.64. The Balaban J connectivity index is 0.000000236. The lowest BCUT2D eigenvalue weighted by atomic mass is 10.0. The van der Waals surface area contributed by atoms with Crippen molar-refractivity contribution in [2.45, 2.75) is 25.8 Å². The fourth-order valence-corrected chi connectivity index (χ4v) is 3.00. The van der Waals surface area contributed by atoms with Crippen LogP contribution >= 0.6 is 0 Å². The molecule has 2 fully saturated rings. The van der Waals surface area contributed by atoms with Crippen molar-refractivity contribution in [3.63, 3.8) is 0 Å². The summed E-state index contributed by atoms with van der Waals surface area (Å²) in [5.41, 5.74) is 3.14. The summed E-state index contributed by atoms with van der Waals surface area (Å²) in [6, 6.07) is 0. The van der Waals surface area contributed by atoms with Gasteiger partial charge in [-0.05, 0) is 18.4 Å². The maximum Gasteiger partial charge on any atom is 0.333 e. The highest BCUT2D eigenvalue weighted by molar-refractivity contribution is 5.89. The molecule has 1 aromatic heterocycles. The second kappa shape index (κ2) is 9.50. The molecule has 0 spiro atoms. The minimum Gasteiger partial charge on any atom is -0.462 e. The number of hydrogen-bond donors (Lipinski definition) is 0. The van der Waals surface area contributed by atoms with Crippen LogP contribution in [0.1, 0.15) is 24.8 Å². The molecule has 3 aliphatic rings. The number of morpholine rings is 1. The minimum atomic E-state index is -0.236. The molecule has 2 saturated heterocycles. The molecule has 26 heavy (non-hydrogen) atoms. The first-order valence-corrected chi connectivity index (χ1v) is 9.27. The van der Waals surface area contributed by atoms with Crippen LogP contribution in [0.25, 0.3) is 5.57 Å². The lowest BCUT2D eigenvalue weighted by Gasteiger charge is -2.26. The number of esters is 1. The second-order valence-electron chi connectivity index (χ2n) is 6.57. The molecular weight excluding hydrogens is 330 g/mol. The van der Waals surface area contributed by atoms with Crippen LogP contribution in [0.3, 0.4) is 0 Å². The molecule has 6 heteroatoms.